The van der Waals surface area contributed by atoms with E-state index in [-0.39, 0.29) is 5.91 Å². The molecule has 1 aliphatic heterocycles. The number of hydrogen-bond donors (Lipinski definition) is 1. The molecule has 3 rings (SSSR count). The zero-order valence-electron chi connectivity index (χ0n) is 15.3. The SMILES string of the molecule is C/C(=N/NC(=O)CN1CCN(Cc2ccccc2)CC1)c1ccccc1. The molecular formula is C21H26N4O. The van der Waals surface area contributed by atoms with Gasteiger partial charge in [0.15, 0.2) is 0 Å². The third kappa shape index (κ3) is 5.51. The maximum absolute atomic E-state index is 12.1. The molecule has 0 bridgehead atoms. The Hall–Kier alpha value is -2.50. The van der Waals surface area contributed by atoms with Gasteiger partial charge in [0, 0.05) is 32.7 Å². The highest BCUT2D eigenvalue weighted by Crippen LogP contribution is 2.08. The second-order valence-electron chi connectivity index (χ2n) is 6.64. The van der Waals surface area contributed by atoms with E-state index in [1.807, 2.05) is 43.3 Å². The van der Waals surface area contributed by atoms with Crippen molar-refractivity contribution in [2.75, 3.05) is 32.7 Å². The number of benzene rings is 2. The minimum absolute atomic E-state index is 0.0585. The van der Waals surface area contributed by atoms with Crippen molar-refractivity contribution in [2.24, 2.45) is 5.10 Å². The summed E-state index contributed by atoms with van der Waals surface area (Å²) in [5, 5.41) is 4.21. The fraction of sp³-hybridized carbons (Fsp3) is 0.333. The van der Waals surface area contributed by atoms with E-state index >= 15 is 0 Å². The van der Waals surface area contributed by atoms with Crippen molar-refractivity contribution in [3.8, 4) is 0 Å². The van der Waals surface area contributed by atoms with Gasteiger partial charge in [0.1, 0.15) is 0 Å². The van der Waals surface area contributed by atoms with Crippen molar-refractivity contribution in [3.63, 3.8) is 0 Å². The number of nitrogens with zero attached hydrogens (tertiary/aromatic N) is 3. The normalized spacial score (nSPS) is 16.4. The van der Waals surface area contributed by atoms with Gasteiger partial charge in [0.2, 0.25) is 0 Å². The Morgan fingerprint density at radius 1 is 0.923 bits per heavy atom. The Morgan fingerprint density at radius 2 is 1.50 bits per heavy atom. The molecule has 26 heavy (non-hydrogen) atoms. The molecule has 0 aliphatic carbocycles. The van der Waals surface area contributed by atoms with Gasteiger partial charge in [-0.25, -0.2) is 5.43 Å². The van der Waals surface area contributed by atoms with Crippen LogP contribution in [0.3, 0.4) is 0 Å². The summed E-state index contributed by atoms with van der Waals surface area (Å²) in [4.78, 5) is 16.8. The van der Waals surface area contributed by atoms with Crippen molar-refractivity contribution in [3.05, 3.63) is 71.8 Å². The zero-order chi connectivity index (χ0) is 18.2. The molecule has 136 valence electrons. The predicted molar refractivity (Wildman–Crippen MR) is 105 cm³/mol. The number of rotatable bonds is 6. The van der Waals surface area contributed by atoms with Crippen molar-refractivity contribution in [2.45, 2.75) is 13.5 Å². The summed E-state index contributed by atoms with van der Waals surface area (Å²) in [6.45, 7) is 7.04. The number of hydrazone groups is 1. The van der Waals surface area contributed by atoms with Crippen LogP contribution >= 0.6 is 0 Å². The Labute approximate surface area is 155 Å². The van der Waals surface area contributed by atoms with Crippen LogP contribution in [0.25, 0.3) is 0 Å². The average Bonchev–Trinajstić information content (AvgIpc) is 2.69. The predicted octanol–water partition coefficient (Wildman–Crippen LogP) is 2.34. The first kappa shape index (κ1) is 18.3. The molecule has 0 unspecified atom stereocenters. The Morgan fingerprint density at radius 3 is 2.15 bits per heavy atom. The summed E-state index contributed by atoms with van der Waals surface area (Å²) >= 11 is 0. The first-order valence-electron chi connectivity index (χ1n) is 9.08. The van der Waals surface area contributed by atoms with Crippen molar-refractivity contribution >= 4 is 11.6 Å². The van der Waals surface area contributed by atoms with Crippen LogP contribution in [0.5, 0.6) is 0 Å². The Kier molecular flexibility index (Phi) is 6.52. The molecule has 0 atom stereocenters. The van der Waals surface area contributed by atoms with E-state index < -0.39 is 0 Å². The van der Waals surface area contributed by atoms with Crippen LogP contribution in [0.2, 0.25) is 0 Å². The van der Waals surface area contributed by atoms with Gasteiger partial charge in [0.25, 0.3) is 5.91 Å². The Bertz CT molecular complexity index is 722. The van der Waals surface area contributed by atoms with Crippen molar-refractivity contribution < 1.29 is 4.79 Å². The molecule has 1 saturated heterocycles. The summed E-state index contributed by atoms with van der Waals surface area (Å²) in [5.41, 5.74) is 5.84. The largest absolute Gasteiger partial charge is 0.297 e. The molecule has 1 heterocycles. The minimum atomic E-state index is -0.0585. The average molecular weight is 350 g/mol. The maximum atomic E-state index is 12.1. The van der Waals surface area contributed by atoms with Crippen LogP contribution in [-0.4, -0.2) is 54.1 Å². The highest BCUT2D eigenvalue weighted by atomic mass is 16.2. The van der Waals surface area contributed by atoms with Crippen molar-refractivity contribution in [1.82, 2.24) is 15.2 Å². The van der Waals surface area contributed by atoms with Crippen molar-refractivity contribution in [1.29, 1.82) is 0 Å². The molecule has 0 spiro atoms. The quantitative estimate of drug-likeness (QED) is 0.643. The smallest absolute Gasteiger partial charge is 0.254 e. The molecule has 1 N–H and O–H groups in total. The van der Waals surface area contributed by atoms with Crippen LogP contribution in [0, 0.1) is 0 Å². The fourth-order valence-electron chi connectivity index (χ4n) is 3.08. The van der Waals surface area contributed by atoms with E-state index in [4.69, 9.17) is 0 Å². The second kappa shape index (κ2) is 9.27. The van der Waals surface area contributed by atoms with E-state index in [2.05, 4.69) is 44.6 Å². The number of amides is 1. The van der Waals surface area contributed by atoms with Gasteiger partial charge < -0.3 is 0 Å². The summed E-state index contributed by atoms with van der Waals surface area (Å²) in [6.07, 6.45) is 0. The third-order valence-corrected chi connectivity index (χ3v) is 4.62. The molecule has 0 aromatic heterocycles. The van der Waals surface area contributed by atoms with Gasteiger partial charge in [-0.05, 0) is 18.1 Å². The highest BCUT2D eigenvalue weighted by molar-refractivity contribution is 5.99. The first-order chi connectivity index (χ1) is 12.7. The molecule has 0 saturated carbocycles. The lowest BCUT2D eigenvalue weighted by Gasteiger charge is -2.34. The second-order valence-corrected chi connectivity index (χ2v) is 6.64. The molecule has 0 radical (unpaired) electrons. The van der Waals surface area contributed by atoms with E-state index in [9.17, 15) is 4.79 Å². The highest BCUT2D eigenvalue weighted by Gasteiger charge is 2.18. The number of carbonyl (C=O) groups excluding carboxylic acids is 1. The summed E-state index contributed by atoms with van der Waals surface area (Å²) in [6, 6.07) is 20.4. The minimum Gasteiger partial charge on any atom is -0.297 e. The van der Waals surface area contributed by atoms with E-state index in [0.29, 0.717) is 6.54 Å². The molecule has 1 amide bonds. The lowest BCUT2D eigenvalue weighted by atomic mass is 10.1. The topological polar surface area (TPSA) is 47.9 Å². The van der Waals surface area contributed by atoms with Crippen LogP contribution in [0.4, 0.5) is 0 Å². The van der Waals surface area contributed by atoms with Crippen LogP contribution in [-0.2, 0) is 11.3 Å². The number of carbonyl (C=O) groups is 1. The zero-order valence-corrected chi connectivity index (χ0v) is 15.3. The number of nitrogens with one attached hydrogen (secondary N) is 1. The van der Waals surface area contributed by atoms with Crippen LogP contribution in [0.1, 0.15) is 18.1 Å². The molecular weight excluding hydrogens is 324 g/mol. The molecule has 5 heteroatoms. The van der Waals surface area contributed by atoms with E-state index in [1.54, 1.807) is 0 Å². The van der Waals surface area contributed by atoms with Gasteiger partial charge in [-0.1, -0.05) is 60.7 Å². The van der Waals surface area contributed by atoms with Crippen LogP contribution < -0.4 is 5.43 Å². The van der Waals surface area contributed by atoms with Gasteiger partial charge in [-0.2, -0.15) is 5.10 Å². The number of hydrogen-bond acceptors (Lipinski definition) is 4. The van der Waals surface area contributed by atoms with Gasteiger partial charge in [-0.15, -0.1) is 0 Å². The lowest BCUT2D eigenvalue weighted by molar-refractivity contribution is -0.122. The molecule has 5 nitrogen and oxygen atoms in total. The lowest BCUT2D eigenvalue weighted by Crippen LogP contribution is -2.48. The molecule has 2 aromatic rings. The summed E-state index contributed by atoms with van der Waals surface area (Å²) in [7, 11) is 0. The van der Waals surface area contributed by atoms with Crippen LogP contribution in [0.15, 0.2) is 65.8 Å². The number of piperazine rings is 1. The van der Waals surface area contributed by atoms with E-state index in [1.165, 1.54) is 5.56 Å². The monoisotopic (exact) mass is 350 g/mol. The third-order valence-electron chi connectivity index (χ3n) is 4.62. The van der Waals surface area contributed by atoms with Gasteiger partial charge in [-0.3, -0.25) is 14.6 Å². The molecule has 1 fully saturated rings. The standard InChI is InChI=1S/C21H26N4O/c1-18(20-10-6-3-7-11-20)22-23-21(26)17-25-14-12-24(13-15-25)16-19-8-4-2-5-9-19/h2-11H,12-17H2,1H3,(H,23,26)/b22-18-. The summed E-state index contributed by atoms with van der Waals surface area (Å²) in [5.74, 6) is -0.0585. The van der Waals surface area contributed by atoms with E-state index in [0.717, 1.165) is 44.0 Å². The first-order valence-corrected chi connectivity index (χ1v) is 9.08. The maximum Gasteiger partial charge on any atom is 0.254 e. The molecule has 1 aliphatic rings. The van der Waals surface area contributed by atoms with Gasteiger partial charge in [0.05, 0.1) is 12.3 Å². The molecule has 2 aromatic carbocycles. The fourth-order valence-corrected chi connectivity index (χ4v) is 3.08. The Balaban J connectivity index is 1.41. The van der Waals surface area contributed by atoms with Gasteiger partial charge >= 0.3 is 0 Å². The summed E-state index contributed by atoms with van der Waals surface area (Å²) < 4.78 is 0.